The molecule has 3 atom stereocenters. The molecule has 21 heavy (non-hydrogen) atoms. The lowest BCUT2D eigenvalue weighted by Gasteiger charge is -2.32. The highest BCUT2D eigenvalue weighted by Crippen LogP contribution is 2.29. The highest BCUT2D eigenvalue weighted by Gasteiger charge is 2.44. The van der Waals surface area contributed by atoms with Crippen molar-refractivity contribution in [1.29, 1.82) is 0 Å². The number of carbonyl (C=O) groups is 1. The van der Waals surface area contributed by atoms with Crippen molar-refractivity contribution in [3.63, 3.8) is 0 Å². The SMILES string of the molecule is O=C(NC1CCC2CNNC2C1)C(F)(F)c1ccccn1. The molecule has 2 heterocycles. The third-order valence-corrected chi connectivity index (χ3v) is 4.25. The molecule has 3 unspecified atom stereocenters. The molecule has 1 aromatic heterocycles. The summed E-state index contributed by atoms with van der Waals surface area (Å²) in [5.41, 5.74) is 5.69. The standard InChI is InChI=1S/C14H18F2N4O/c15-14(16,12-3-1-2-6-17-12)13(21)19-10-5-4-9-8-18-20-11(9)7-10/h1-3,6,9-11,18,20H,4-5,7-8H2,(H,19,21). The van der Waals surface area contributed by atoms with Crippen LogP contribution in [0.4, 0.5) is 8.78 Å². The minimum absolute atomic E-state index is 0.222. The first-order valence-electron chi connectivity index (χ1n) is 7.16. The molecule has 7 heteroatoms. The van der Waals surface area contributed by atoms with Crippen LogP contribution in [0.25, 0.3) is 0 Å². The van der Waals surface area contributed by atoms with Gasteiger partial charge in [0.2, 0.25) is 0 Å². The average molecular weight is 296 g/mol. The Morgan fingerprint density at radius 1 is 1.38 bits per heavy atom. The zero-order valence-corrected chi connectivity index (χ0v) is 11.5. The first-order chi connectivity index (χ1) is 10.1. The van der Waals surface area contributed by atoms with Crippen molar-refractivity contribution in [1.82, 2.24) is 21.2 Å². The van der Waals surface area contributed by atoms with E-state index in [1.807, 2.05) is 0 Å². The van der Waals surface area contributed by atoms with Crippen molar-refractivity contribution in [2.24, 2.45) is 5.92 Å². The van der Waals surface area contributed by atoms with Crippen LogP contribution in [0.5, 0.6) is 0 Å². The van der Waals surface area contributed by atoms with Crippen molar-refractivity contribution in [2.75, 3.05) is 6.54 Å². The van der Waals surface area contributed by atoms with Crippen LogP contribution >= 0.6 is 0 Å². The highest BCUT2D eigenvalue weighted by molar-refractivity contribution is 5.84. The van der Waals surface area contributed by atoms with E-state index in [2.05, 4.69) is 21.2 Å². The number of fused-ring (bicyclic) bond motifs is 1. The Morgan fingerprint density at radius 3 is 3.00 bits per heavy atom. The summed E-state index contributed by atoms with van der Waals surface area (Å²) in [4.78, 5) is 15.5. The minimum Gasteiger partial charge on any atom is -0.348 e. The van der Waals surface area contributed by atoms with Gasteiger partial charge in [-0.3, -0.25) is 20.6 Å². The quantitative estimate of drug-likeness (QED) is 0.776. The van der Waals surface area contributed by atoms with Crippen LogP contribution in [-0.4, -0.2) is 29.5 Å². The summed E-state index contributed by atoms with van der Waals surface area (Å²) in [6.45, 7) is 0.898. The van der Waals surface area contributed by atoms with Crippen LogP contribution in [0.15, 0.2) is 24.4 Å². The first-order valence-corrected chi connectivity index (χ1v) is 7.16. The Morgan fingerprint density at radius 2 is 2.24 bits per heavy atom. The maximum atomic E-state index is 14.1. The summed E-state index contributed by atoms with van der Waals surface area (Å²) >= 11 is 0. The number of hydrogen-bond donors (Lipinski definition) is 3. The number of halogens is 2. The number of nitrogens with one attached hydrogen (secondary N) is 3. The van der Waals surface area contributed by atoms with Gasteiger partial charge in [-0.15, -0.1) is 0 Å². The van der Waals surface area contributed by atoms with Crippen molar-refractivity contribution in [3.05, 3.63) is 30.1 Å². The zero-order valence-electron chi connectivity index (χ0n) is 11.5. The number of hydrazine groups is 1. The monoisotopic (exact) mass is 296 g/mol. The van der Waals surface area contributed by atoms with Gasteiger partial charge in [-0.2, -0.15) is 8.78 Å². The molecule has 1 saturated carbocycles. The maximum absolute atomic E-state index is 14.1. The van der Waals surface area contributed by atoms with Crippen molar-refractivity contribution in [2.45, 2.75) is 37.3 Å². The van der Waals surface area contributed by atoms with E-state index in [1.54, 1.807) is 0 Å². The van der Waals surface area contributed by atoms with Crippen molar-refractivity contribution >= 4 is 5.91 Å². The summed E-state index contributed by atoms with van der Waals surface area (Å²) in [6.07, 6.45) is 3.58. The van der Waals surface area contributed by atoms with E-state index in [1.165, 1.54) is 24.4 Å². The molecule has 1 aromatic rings. The minimum atomic E-state index is -3.60. The predicted octanol–water partition coefficient (Wildman–Crippen LogP) is 0.935. The second kappa shape index (κ2) is 5.65. The van der Waals surface area contributed by atoms with Crippen LogP contribution in [-0.2, 0) is 10.7 Å². The van der Waals surface area contributed by atoms with E-state index < -0.39 is 17.5 Å². The Kier molecular flexibility index (Phi) is 3.86. The Hall–Kier alpha value is -1.60. The second-order valence-electron chi connectivity index (χ2n) is 5.66. The third kappa shape index (κ3) is 2.89. The Labute approximate surface area is 121 Å². The lowest BCUT2D eigenvalue weighted by Crippen LogP contribution is -2.49. The molecule has 0 spiro atoms. The Bertz CT molecular complexity index is 511. The van der Waals surface area contributed by atoms with E-state index in [0.717, 1.165) is 19.4 Å². The van der Waals surface area contributed by atoms with Gasteiger partial charge in [0.15, 0.2) is 0 Å². The van der Waals surface area contributed by atoms with Gasteiger partial charge >= 0.3 is 5.92 Å². The van der Waals surface area contributed by atoms with E-state index in [0.29, 0.717) is 12.3 Å². The van der Waals surface area contributed by atoms with Gasteiger partial charge in [-0.25, -0.2) is 0 Å². The summed E-state index contributed by atoms with van der Waals surface area (Å²) in [7, 11) is 0. The van der Waals surface area contributed by atoms with Gasteiger partial charge in [0.1, 0.15) is 5.69 Å². The average Bonchev–Trinajstić information content (AvgIpc) is 2.95. The largest absolute Gasteiger partial charge is 0.366 e. The topological polar surface area (TPSA) is 66.1 Å². The van der Waals surface area contributed by atoms with E-state index >= 15 is 0 Å². The number of amides is 1. The van der Waals surface area contributed by atoms with Gasteiger partial charge in [0.25, 0.3) is 5.91 Å². The molecule has 1 amide bonds. The summed E-state index contributed by atoms with van der Waals surface area (Å²) in [6, 6.07) is 4.17. The number of nitrogens with zero attached hydrogens (tertiary/aromatic N) is 1. The second-order valence-corrected chi connectivity index (χ2v) is 5.66. The summed E-state index contributed by atoms with van der Waals surface area (Å²) < 4.78 is 28.1. The van der Waals surface area contributed by atoms with Crippen LogP contribution in [0.3, 0.4) is 0 Å². The number of alkyl halides is 2. The fourth-order valence-corrected chi connectivity index (χ4v) is 3.05. The Balaban J connectivity index is 1.63. The molecule has 0 bridgehead atoms. The number of carbonyl (C=O) groups excluding carboxylic acids is 1. The van der Waals surface area contributed by atoms with Crippen molar-refractivity contribution < 1.29 is 13.6 Å². The molecule has 1 aliphatic heterocycles. The van der Waals surface area contributed by atoms with E-state index in [4.69, 9.17) is 0 Å². The molecular formula is C14H18F2N4O. The van der Waals surface area contributed by atoms with Gasteiger partial charge in [-0.05, 0) is 37.3 Å². The van der Waals surface area contributed by atoms with Gasteiger partial charge < -0.3 is 5.32 Å². The molecule has 1 aliphatic carbocycles. The number of aromatic nitrogens is 1. The molecular weight excluding hydrogens is 278 g/mol. The lowest BCUT2D eigenvalue weighted by atomic mass is 9.83. The van der Waals surface area contributed by atoms with Crippen LogP contribution in [0.1, 0.15) is 25.0 Å². The maximum Gasteiger partial charge on any atom is 0.366 e. The fraction of sp³-hybridized carbons (Fsp3) is 0.571. The number of rotatable bonds is 3. The lowest BCUT2D eigenvalue weighted by molar-refractivity contribution is -0.148. The smallest absolute Gasteiger partial charge is 0.348 e. The summed E-state index contributed by atoms with van der Waals surface area (Å²) in [5.74, 6) is -4.34. The first kappa shape index (κ1) is 14.3. The molecule has 3 N–H and O–H groups in total. The van der Waals surface area contributed by atoms with Gasteiger partial charge in [-0.1, -0.05) is 6.07 Å². The number of hydrogen-bond acceptors (Lipinski definition) is 4. The third-order valence-electron chi connectivity index (χ3n) is 4.25. The van der Waals surface area contributed by atoms with Crippen LogP contribution < -0.4 is 16.2 Å². The van der Waals surface area contributed by atoms with E-state index in [9.17, 15) is 13.6 Å². The number of pyridine rings is 1. The normalized spacial score (nSPS) is 29.0. The van der Waals surface area contributed by atoms with Gasteiger partial charge in [0, 0.05) is 24.8 Å². The molecule has 3 rings (SSSR count). The highest BCUT2D eigenvalue weighted by atomic mass is 19.3. The molecule has 5 nitrogen and oxygen atoms in total. The summed E-state index contributed by atoms with van der Waals surface area (Å²) in [5, 5.41) is 2.47. The molecule has 114 valence electrons. The van der Waals surface area contributed by atoms with Crippen molar-refractivity contribution in [3.8, 4) is 0 Å². The van der Waals surface area contributed by atoms with Gasteiger partial charge in [0.05, 0.1) is 0 Å². The molecule has 2 aliphatic rings. The van der Waals surface area contributed by atoms with E-state index in [-0.39, 0.29) is 12.1 Å². The van der Waals surface area contributed by atoms with Crippen LogP contribution in [0, 0.1) is 5.92 Å². The van der Waals surface area contributed by atoms with Crippen LogP contribution in [0.2, 0.25) is 0 Å². The molecule has 1 saturated heterocycles. The molecule has 0 radical (unpaired) electrons. The molecule has 0 aromatic carbocycles. The molecule has 2 fully saturated rings. The fourth-order valence-electron chi connectivity index (χ4n) is 3.05. The zero-order chi connectivity index (χ0) is 14.9. The predicted molar refractivity (Wildman–Crippen MR) is 72.3 cm³/mol.